The summed E-state index contributed by atoms with van der Waals surface area (Å²) < 4.78 is 1.11. The normalized spacial score (nSPS) is 13.3. The molecule has 3 nitrogen and oxygen atoms in total. The molecule has 1 aromatic rings. The Morgan fingerprint density at radius 3 is 2.61 bits per heavy atom. The van der Waals surface area contributed by atoms with E-state index in [9.17, 15) is 4.79 Å². The molecule has 0 saturated carbocycles. The van der Waals surface area contributed by atoms with Crippen LogP contribution in [0.2, 0.25) is 0 Å². The molecule has 1 aromatic carbocycles. The van der Waals surface area contributed by atoms with Gasteiger partial charge in [-0.25, -0.2) is 0 Å². The summed E-state index contributed by atoms with van der Waals surface area (Å²) in [4.78, 5) is 10.8. The minimum absolute atomic E-state index is 0.00794. The predicted octanol–water partition coefficient (Wildman–Crippen LogP) is 2.58. The van der Waals surface area contributed by atoms with E-state index in [4.69, 9.17) is 5.73 Å². The molecule has 0 aromatic heterocycles. The maximum absolute atomic E-state index is 10.8. The van der Waals surface area contributed by atoms with Gasteiger partial charge in [-0.15, -0.1) is 0 Å². The Labute approximate surface area is 117 Å². The molecule has 0 aliphatic carbocycles. The standard InChI is InChI=1S/C14H21BrN2O/c1-10(8-13(16)18)17-9-14(2,3)11-6-4-5-7-12(11)15/h4-7,10,17H,8-9H2,1-3H3,(H2,16,18)/t10-/m1/s1. The van der Waals surface area contributed by atoms with Gasteiger partial charge in [-0.2, -0.15) is 0 Å². The molecule has 0 saturated heterocycles. The largest absolute Gasteiger partial charge is 0.370 e. The second kappa shape index (κ2) is 6.34. The van der Waals surface area contributed by atoms with Crippen LogP contribution < -0.4 is 11.1 Å². The Balaban J connectivity index is 2.65. The average Bonchev–Trinajstić information content (AvgIpc) is 2.26. The minimum atomic E-state index is -0.270. The van der Waals surface area contributed by atoms with Gasteiger partial charge < -0.3 is 11.1 Å². The van der Waals surface area contributed by atoms with Crippen molar-refractivity contribution in [1.29, 1.82) is 0 Å². The van der Waals surface area contributed by atoms with Gasteiger partial charge in [0.15, 0.2) is 0 Å². The molecular formula is C14H21BrN2O. The van der Waals surface area contributed by atoms with Crippen LogP contribution in [0.4, 0.5) is 0 Å². The lowest BCUT2D eigenvalue weighted by Crippen LogP contribution is -2.39. The molecule has 4 heteroatoms. The lowest BCUT2D eigenvalue weighted by molar-refractivity contribution is -0.118. The highest BCUT2D eigenvalue weighted by atomic mass is 79.9. The summed E-state index contributed by atoms with van der Waals surface area (Å²) in [6.45, 7) is 7.12. The smallest absolute Gasteiger partial charge is 0.218 e. The van der Waals surface area contributed by atoms with E-state index in [-0.39, 0.29) is 17.4 Å². The van der Waals surface area contributed by atoms with Gasteiger partial charge in [-0.05, 0) is 18.6 Å². The molecule has 0 heterocycles. The van der Waals surface area contributed by atoms with Crippen LogP contribution in [0.5, 0.6) is 0 Å². The van der Waals surface area contributed by atoms with E-state index in [1.807, 2.05) is 25.1 Å². The lowest BCUT2D eigenvalue weighted by atomic mass is 9.84. The number of rotatable bonds is 6. The van der Waals surface area contributed by atoms with Crippen molar-refractivity contribution in [1.82, 2.24) is 5.32 Å². The number of hydrogen-bond acceptors (Lipinski definition) is 2. The van der Waals surface area contributed by atoms with Crippen LogP contribution in [0.3, 0.4) is 0 Å². The Bertz CT molecular complexity index is 418. The molecule has 100 valence electrons. The first-order valence-electron chi connectivity index (χ1n) is 6.09. The van der Waals surface area contributed by atoms with Crippen LogP contribution in [0.1, 0.15) is 32.8 Å². The Morgan fingerprint density at radius 2 is 2.06 bits per heavy atom. The summed E-state index contributed by atoms with van der Waals surface area (Å²) in [7, 11) is 0. The first-order chi connectivity index (χ1) is 8.33. The van der Waals surface area contributed by atoms with Crippen LogP contribution in [0.25, 0.3) is 0 Å². The van der Waals surface area contributed by atoms with Gasteiger partial charge in [0.05, 0.1) is 0 Å². The highest BCUT2D eigenvalue weighted by Crippen LogP contribution is 2.29. The second-order valence-electron chi connectivity index (χ2n) is 5.32. The van der Waals surface area contributed by atoms with E-state index >= 15 is 0 Å². The van der Waals surface area contributed by atoms with Crippen molar-refractivity contribution >= 4 is 21.8 Å². The van der Waals surface area contributed by atoms with Crippen molar-refractivity contribution in [3.05, 3.63) is 34.3 Å². The van der Waals surface area contributed by atoms with Crippen molar-refractivity contribution in [2.75, 3.05) is 6.54 Å². The molecular weight excluding hydrogens is 292 g/mol. The number of halogens is 1. The molecule has 18 heavy (non-hydrogen) atoms. The van der Waals surface area contributed by atoms with Crippen molar-refractivity contribution in [2.24, 2.45) is 5.73 Å². The van der Waals surface area contributed by atoms with Gasteiger partial charge in [0.25, 0.3) is 0 Å². The quantitative estimate of drug-likeness (QED) is 0.848. The molecule has 0 spiro atoms. The van der Waals surface area contributed by atoms with Crippen LogP contribution in [-0.4, -0.2) is 18.5 Å². The SMILES string of the molecule is C[C@H](CC(N)=O)NCC(C)(C)c1ccccc1Br. The molecule has 0 radical (unpaired) electrons. The monoisotopic (exact) mass is 312 g/mol. The Morgan fingerprint density at radius 1 is 1.44 bits per heavy atom. The summed E-state index contributed by atoms with van der Waals surface area (Å²) in [5.41, 5.74) is 6.43. The van der Waals surface area contributed by atoms with Crippen LogP contribution in [-0.2, 0) is 10.2 Å². The number of hydrogen-bond donors (Lipinski definition) is 2. The number of primary amides is 1. The Hall–Kier alpha value is -0.870. The maximum atomic E-state index is 10.8. The van der Waals surface area contributed by atoms with Gasteiger partial charge in [0.1, 0.15) is 0 Å². The molecule has 1 rings (SSSR count). The number of nitrogens with one attached hydrogen (secondary N) is 1. The first kappa shape index (κ1) is 15.2. The molecule has 3 N–H and O–H groups in total. The number of benzene rings is 1. The fraction of sp³-hybridized carbons (Fsp3) is 0.500. The number of carbonyl (C=O) groups is 1. The predicted molar refractivity (Wildman–Crippen MR) is 78.4 cm³/mol. The highest BCUT2D eigenvalue weighted by Gasteiger charge is 2.23. The van der Waals surface area contributed by atoms with Gasteiger partial charge in [-0.3, -0.25) is 4.79 Å². The average molecular weight is 313 g/mol. The molecule has 0 bridgehead atoms. The molecule has 0 aliphatic rings. The third-order valence-electron chi connectivity index (χ3n) is 3.00. The van der Waals surface area contributed by atoms with E-state index in [2.05, 4.69) is 41.2 Å². The van der Waals surface area contributed by atoms with E-state index in [0.717, 1.165) is 11.0 Å². The number of carbonyl (C=O) groups excluding carboxylic acids is 1. The van der Waals surface area contributed by atoms with Gasteiger partial charge in [-0.1, -0.05) is 48.0 Å². The zero-order valence-electron chi connectivity index (χ0n) is 11.2. The summed E-state index contributed by atoms with van der Waals surface area (Å²) in [5, 5.41) is 3.36. The number of nitrogens with two attached hydrogens (primary N) is 1. The van der Waals surface area contributed by atoms with Gasteiger partial charge >= 0.3 is 0 Å². The molecule has 1 atom stereocenters. The fourth-order valence-corrected chi connectivity index (χ4v) is 2.73. The van der Waals surface area contributed by atoms with Crippen LogP contribution in [0.15, 0.2) is 28.7 Å². The van der Waals surface area contributed by atoms with Crippen LogP contribution in [0, 0.1) is 0 Å². The summed E-state index contributed by atoms with van der Waals surface area (Å²) >= 11 is 3.58. The topological polar surface area (TPSA) is 55.1 Å². The molecule has 0 aliphatic heterocycles. The third-order valence-corrected chi connectivity index (χ3v) is 3.69. The molecule has 0 unspecified atom stereocenters. The van der Waals surface area contributed by atoms with Crippen LogP contribution >= 0.6 is 15.9 Å². The Kier molecular flexibility index (Phi) is 5.35. The van der Waals surface area contributed by atoms with Gasteiger partial charge in [0, 0.05) is 28.9 Å². The van der Waals surface area contributed by atoms with E-state index in [1.165, 1.54) is 5.56 Å². The number of amides is 1. The molecule has 1 amide bonds. The second-order valence-corrected chi connectivity index (χ2v) is 6.17. The van der Waals surface area contributed by atoms with Crippen molar-refractivity contribution < 1.29 is 4.79 Å². The lowest BCUT2D eigenvalue weighted by Gasteiger charge is -2.28. The zero-order chi connectivity index (χ0) is 13.8. The van der Waals surface area contributed by atoms with E-state index in [1.54, 1.807) is 0 Å². The van der Waals surface area contributed by atoms with Crippen molar-refractivity contribution in [3.63, 3.8) is 0 Å². The minimum Gasteiger partial charge on any atom is -0.370 e. The molecule has 0 fully saturated rings. The summed E-state index contributed by atoms with van der Waals surface area (Å²) in [6, 6.07) is 8.31. The van der Waals surface area contributed by atoms with Crippen molar-refractivity contribution in [3.8, 4) is 0 Å². The highest BCUT2D eigenvalue weighted by molar-refractivity contribution is 9.10. The summed E-state index contributed by atoms with van der Waals surface area (Å²) in [6.07, 6.45) is 0.367. The van der Waals surface area contributed by atoms with Gasteiger partial charge in [0.2, 0.25) is 5.91 Å². The third kappa shape index (κ3) is 4.42. The summed E-state index contributed by atoms with van der Waals surface area (Å²) in [5.74, 6) is -0.270. The van der Waals surface area contributed by atoms with Crippen molar-refractivity contribution in [2.45, 2.75) is 38.6 Å². The zero-order valence-corrected chi connectivity index (χ0v) is 12.8. The fourth-order valence-electron chi connectivity index (χ4n) is 1.91. The maximum Gasteiger partial charge on any atom is 0.218 e. The van der Waals surface area contributed by atoms with E-state index in [0.29, 0.717) is 6.42 Å². The first-order valence-corrected chi connectivity index (χ1v) is 6.89. The van der Waals surface area contributed by atoms with E-state index < -0.39 is 0 Å².